The third kappa shape index (κ3) is 3.96. The maximum absolute atomic E-state index is 11.9. The molecule has 1 aliphatic rings. The number of ketones is 1. The van der Waals surface area contributed by atoms with E-state index in [1.807, 2.05) is 0 Å². The van der Waals surface area contributed by atoms with Crippen LogP contribution in [0.15, 0.2) is 0 Å². The van der Waals surface area contributed by atoms with Gasteiger partial charge in [-0.25, -0.2) is 0 Å². The normalized spacial score (nSPS) is 32.9. The Morgan fingerprint density at radius 3 is 2.61 bits per heavy atom. The van der Waals surface area contributed by atoms with Gasteiger partial charge in [0.15, 0.2) is 0 Å². The highest BCUT2D eigenvalue weighted by atomic mass is 79.9. The molecule has 1 fully saturated rings. The molecule has 1 rings (SSSR count). The number of alkyl halides is 1. The molecule has 102 valence electrons. The van der Waals surface area contributed by atoms with Gasteiger partial charge in [-0.2, -0.15) is 0 Å². The monoisotopic (exact) mass is 328 g/mol. The zero-order chi connectivity index (χ0) is 14.0. The van der Waals surface area contributed by atoms with Gasteiger partial charge in [0, 0.05) is 12.8 Å². The number of rotatable bonds is 2. The summed E-state index contributed by atoms with van der Waals surface area (Å²) in [6.07, 6.45) is 3.69. The van der Waals surface area contributed by atoms with Crippen LogP contribution in [-0.4, -0.2) is 18.7 Å². The van der Waals surface area contributed by atoms with Crippen LogP contribution in [0.4, 0.5) is 0 Å². The Bertz CT molecular complexity index is 374. The lowest BCUT2D eigenvalue weighted by Crippen LogP contribution is -2.43. The van der Waals surface area contributed by atoms with Gasteiger partial charge in [-0.1, -0.05) is 49.4 Å². The van der Waals surface area contributed by atoms with Crippen LogP contribution < -0.4 is 0 Å². The highest BCUT2D eigenvalue weighted by Crippen LogP contribution is 2.46. The van der Waals surface area contributed by atoms with Crippen LogP contribution in [-0.2, 0) is 4.79 Å². The van der Waals surface area contributed by atoms with Gasteiger partial charge in [-0.05, 0) is 24.2 Å². The topological polar surface area (TPSA) is 17.1 Å². The van der Waals surface area contributed by atoms with Crippen LogP contribution in [0.3, 0.4) is 0 Å². The maximum Gasteiger partial charge on any atom is 0.147 e. The van der Waals surface area contributed by atoms with Crippen molar-refractivity contribution in [1.82, 2.24) is 0 Å². The quantitative estimate of drug-likeness (QED) is 0.416. The Morgan fingerprint density at radius 1 is 1.44 bits per heavy atom. The van der Waals surface area contributed by atoms with E-state index in [9.17, 15) is 4.79 Å². The van der Waals surface area contributed by atoms with E-state index in [-0.39, 0.29) is 10.2 Å². The van der Waals surface area contributed by atoms with E-state index in [1.165, 1.54) is 0 Å². The second kappa shape index (κ2) is 5.92. The maximum atomic E-state index is 11.9. The Labute approximate surface area is 121 Å². The van der Waals surface area contributed by atoms with Crippen molar-refractivity contribution in [1.29, 1.82) is 0 Å². The molecule has 0 aromatic carbocycles. The van der Waals surface area contributed by atoms with Gasteiger partial charge >= 0.3 is 0 Å². The van der Waals surface area contributed by atoms with Gasteiger partial charge in [-0.3, -0.25) is 4.79 Å². The van der Waals surface area contributed by atoms with Gasteiger partial charge in [0.05, 0.1) is 4.83 Å². The molecule has 0 saturated heterocycles. The molecule has 1 nitrogen and oxygen atoms in total. The summed E-state index contributed by atoms with van der Waals surface area (Å²) in [4.78, 5) is 11.9. The number of hydrogen-bond donors (Lipinski definition) is 0. The van der Waals surface area contributed by atoms with Crippen LogP contribution in [0.5, 0.6) is 0 Å². The summed E-state index contributed by atoms with van der Waals surface area (Å²) >= 11 is 3.62. The Balaban J connectivity index is 2.67. The number of carbonyl (C=O) groups excluding carboxylic acids is 1. The minimum Gasteiger partial charge on any atom is -0.298 e. The smallest absolute Gasteiger partial charge is 0.147 e. The molecule has 18 heavy (non-hydrogen) atoms. The summed E-state index contributed by atoms with van der Waals surface area (Å²) in [6, 6.07) is 0. The molecule has 0 aliphatic heterocycles. The Hall–Kier alpha value is -0.0731. The van der Waals surface area contributed by atoms with Crippen LogP contribution >= 0.6 is 15.9 Å². The predicted molar refractivity (Wildman–Crippen MR) is 84.6 cm³/mol. The highest BCUT2D eigenvalue weighted by Gasteiger charge is 2.44. The fraction of sp³-hybridized carbons (Fsp3) is 0.800. The van der Waals surface area contributed by atoms with Crippen molar-refractivity contribution >= 4 is 29.8 Å². The molecule has 1 unspecified atom stereocenters. The van der Waals surface area contributed by atoms with Gasteiger partial charge < -0.3 is 0 Å². The van der Waals surface area contributed by atoms with Crippen molar-refractivity contribution in [3.05, 3.63) is 0 Å². The standard InChI is InChI=1S/C15H25BrOSi/c1-12-8-9-13(17)14(16)15(12,2)10-6-7-11-18(3,4)5/h12,14H,6,8-10H2,1-5H3/t12-,14?,15+/m0/s1. The minimum absolute atomic E-state index is 0.0161. The van der Waals surface area contributed by atoms with Crippen molar-refractivity contribution in [3.8, 4) is 11.5 Å². The fourth-order valence-electron chi connectivity index (χ4n) is 2.47. The van der Waals surface area contributed by atoms with Crippen molar-refractivity contribution in [2.24, 2.45) is 11.3 Å². The lowest BCUT2D eigenvalue weighted by molar-refractivity contribution is -0.124. The van der Waals surface area contributed by atoms with E-state index in [0.29, 0.717) is 11.7 Å². The zero-order valence-electron chi connectivity index (χ0n) is 12.3. The van der Waals surface area contributed by atoms with E-state index in [2.05, 4.69) is 60.9 Å². The van der Waals surface area contributed by atoms with Crippen LogP contribution in [0.1, 0.15) is 39.5 Å². The van der Waals surface area contributed by atoms with E-state index in [4.69, 9.17) is 0 Å². The molecule has 0 spiro atoms. The lowest BCUT2D eigenvalue weighted by Gasteiger charge is -2.42. The zero-order valence-corrected chi connectivity index (χ0v) is 14.9. The highest BCUT2D eigenvalue weighted by molar-refractivity contribution is 9.10. The van der Waals surface area contributed by atoms with Gasteiger partial charge in [0.25, 0.3) is 0 Å². The average molecular weight is 329 g/mol. The SMILES string of the molecule is C[C@H]1CCC(=O)C(Br)[C@]1(C)CCC#C[Si](C)(C)C. The van der Waals surface area contributed by atoms with Crippen LogP contribution in [0.25, 0.3) is 0 Å². The molecule has 0 N–H and O–H groups in total. The molecule has 0 radical (unpaired) electrons. The first-order chi connectivity index (χ1) is 8.17. The van der Waals surface area contributed by atoms with Crippen LogP contribution in [0.2, 0.25) is 19.6 Å². The summed E-state index contributed by atoms with van der Waals surface area (Å²) in [7, 11) is -1.26. The van der Waals surface area contributed by atoms with E-state index in [1.54, 1.807) is 0 Å². The third-order valence-corrected chi connectivity index (χ3v) is 6.55. The average Bonchev–Trinajstić information content (AvgIpc) is 2.26. The summed E-state index contributed by atoms with van der Waals surface area (Å²) in [6.45, 7) is 11.3. The Kier molecular flexibility index (Phi) is 5.26. The first-order valence-electron chi connectivity index (χ1n) is 6.83. The van der Waals surface area contributed by atoms with Gasteiger partial charge in [0.2, 0.25) is 0 Å². The van der Waals surface area contributed by atoms with Gasteiger partial charge in [0.1, 0.15) is 13.9 Å². The third-order valence-electron chi connectivity index (χ3n) is 4.06. The van der Waals surface area contributed by atoms with Crippen LogP contribution in [0, 0.1) is 22.8 Å². The molecule has 0 aromatic heterocycles. The van der Waals surface area contributed by atoms with E-state index < -0.39 is 8.07 Å². The van der Waals surface area contributed by atoms with E-state index >= 15 is 0 Å². The minimum atomic E-state index is -1.26. The molecular formula is C15H25BrOSi. The summed E-state index contributed by atoms with van der Waals surface area (Å²) in [5.41, 5.74) is 3.48. The molecule has 0 heterocycles. The van der Waals surface area contributed by atoms with Gasteiger partial charge in [-0.15, -0.1) is 11.5 Å². The molecule has 1 aliphatic carbocycles. The molecule has 3 atom stereocenters. The Morgan fingerprint density at radius 2 is 2.06 bits per heavy atom. The summed E-state index contributed by atoms with van der Waals surface area (Å²) in [5, 5.41) is 0. The first-order valence-corrected chi connectivity index (χ1v) is 11.3. The molecule has 0 aromatic rings. The number of halogens is 1. The second-order valence-corrected chi connectivity index (χ2v) is 12.5. The molecule has 0 bridgehead atoms. The second-order valence-electron chi connectivity index (χ2n) is 6.83. The number of hydrogen-bond acceptors (Lipinski definition) is 1. The summed E-state index contributed by atoms with van der Waals surface area (Å²) in [5.74, 6) is 4.29. The predicted octanol–water partition coefficient (Wildman–Crippen LogP) is 4.42. The number of Topliss-reactive ketones (excluding diaryl/α,β-unsaturated/α-hetero) is 1. The summed E-state index contributed by atoms with van der Waals surface area (Å²) < 4.78 is 0. The first kappa shape index (κ1) is 16.0. The van der Waals surface area contributed by atoms with Crippen molar-refractivity contribution < 1.29 is 4.79 Å². The van der Waals surface area contributed by atoms with Crippen molar-refractivity contribution in [2.45, 2.75) is 64.0 Å². The number of carbonyl (C=O) groups is 1. The van der Waals surface area contributed by atoms with E-state index in [0.717, 1.165) is 25.7 Å². The molecule has 3 heteroatoms. The van der Waals surface area contributed by atoms with Crippen molar-refractivity contribution in [3.63, 3.8) is 0 Å². The molecular weight excluding hydrogens is 304 g/mol. The van der Waals surface area contributed by atoms with Crippen molar-refractivity contribution in [2.75, 3.05) is 0 Å². The largest absolute Gasteiger partial charge is 0.298 e. The fourth-order valence-corrected chi connectivity index (χ4v) is 4.03. The lowest BCUT2D eigenvalue weighted by atomic mass is 9.65. The molecule has 0 amide bonds. The molecule has 1 saturated carbocycles.